The van der Waals surface area contributed by atoms with Crippen molar-refractivity contribution in [3.8, 4) is 0 Å². The molecule has 2 aromatic rings. The SMILES string of the molecule is COC(=O)c1cc(CN2CCC[C@H](C)C2)c2[nH]nc(I)c2n1. The van der Waals surface area contributed by atoms with Crippen molar-refractivity contribution in [3.05, 3.63) is 21.0 Å². The van der Waals surface area contributed by atoms with E-state index < -0.39 is 5.97 Å². The predicted octanol–water partition coefficient (Wildman–Crippen LogP) is 2.58. The number of nitrogens with zero attached hydrogens (tertiary/aromatic N) is 3. The summed E-state index contributed by atoms with van der Waals surface area (Å²) < 4.78 is 5.59. The molecule has 3 heterocycles. The first-order valence-corrected chi connectivity index (χ1v) is 8.50. The van der Waals surface area contributed by atoms with Crippen LogP contribution in [0.2, 0.25) is 0 Å². The summed E-state index contributed by atoms with van der Waals surface area (Å²) >= 11 is 2.13. The molecule has 1 aliphatic heterocycles. The van der Waals surface area contributed by atoms with E-state index in [0.29, 0.717) is 11.6 Å². The smallest absolute Gasteiger partial charge is 0.356 e. The van der Waals surface area contributed by atoms with Crippen LogP contribution in [-0.4, -0.2) is 46.2 Å². The molecule has 0 bridgehead atoms. The second kappa shape index (κ2) is 6.49. The highest BCUT2D eigenvalue weighted by Crippen LogP contribution is 2.24. The minimum atomic E-state index is -0.410. The van der Waals surface area contributed by atoms with E-state index in [4.69, 9.17) is 4.74 Å². The van der Waals surface area contributed by atoms with E-state index in [-0.39, 0.29) is 0 Å². The number of ether oxygens (including phenoxy) is 1. The fourth-order valence-corrected chi connectivity index (χ4v) is 3.55. The molecular weight excluding hydrogens is 395 g/mol. The quantitative estimate of drug-likeness (QED) is 0.618. The van der Waals surface area contributed by atoms with Crippen molar-refractivity contribution in [1.29, 1.82) is 0 Å². The largest absolute Gasteiger partial charge is 0.464 e. The molecule has 0 amide bonds. The second-order valence-electron chi connectivity index (χ2n) is 5.88. The number of nitrogens with one attached hydrogen (secondary N) is 1. The zero-order chi connectivity index (χ0) is 15.7. The van der Waals surface area contributed by atoms with Crippen molar-refractivity contribution in [2.45, 2.75) is 26.3 Å². The van der Waals surface area contributed by atoms with Gasteiger partial charge in [0.05, 0.1) is 12.6 Å². The molecule has 0 spiro atoms. The first kappa shape index (κ1) is 15.7. The Kier molecular flexibility index (Phi) is 4.62. The van der Waals surface area contributed by atoms with Gasteiger partial charge in [-0.2, -0.15) is 5.10 Å². The molecular formula is C15H19IN4O2. The van der Waals surface area contributed by atoms with Crippen LogP contribution >= 0.6 is 22.6 Å². The molecule has 0 aliphatic carbocycles. The van der Waals surface area contributed by atoms with Crippen molar-refractivity contribution in [1.82, 2.24) is 20.1 Å². The van der Waals surface area contributed by atoms with Gasteiger partial charge in [0.15, 0.2) is 0 Å². The van der Waals surface area contributed by atoms with E-state index in [0.717, 1.165) is 39.9 Å². The average Bonchev–Trinajstić information content (AvgIpc) is 2.88. The highest BCUT2D eigenvalue weighted by atomic mass is 127. The van der Waals surface area contributed by atoms with Gasteiger partial charge >= 0.3 is 5.97 Å². The normalized spacial score (nSPS) is 19.5. The van der Waals surface area contributed by atoms with Crippen molar-refractivity contribution < 1.29 is 9.53 Å². The Morgan fingerprint density at radius 1 is 1.59 bits per heavy atom. The van der Waals surface area contributed by atoms with E-state index >= 15 is 0 Å². The van der Waals surface area contributed by atoms with Crippen molar-refractivity contribution in [2.24, 2.45) is 5.92 Å². The van der Waals surface area contributed by atoms with E-state index in [1.54, 1.807) is 0 Å². The molecule has 1 fully saturated rings. The number of aromatic nitrogens is 3. The molecule has 118 valence electrons. The maximum atomic E-state index is 11.9. The number of piperidine rings is 1. The summed E-state index contributed by atoms with van der Waals surface area (Å²) in [6.45, 7) is 5.26. The number of H-pyrrole nitrogens is 1. The Labute approximate surface area is 142 Å². The summed E-state index contributed by atoms with van der Waals surface area (Å²) in [7, 11) is 1.38. The molecule has 0 radical (unpaired) electrons. The van der Waals surface area contributed by atoms with Gasteiger partial charge in [-0.3, -0.25) is 10.00 Å². The van der Waals surface area contributed by atoms with Crippen molar-refractivity contribution >= 4 is 39.6 Å². The first-order valence-electron chi connectivity index (χ1n) is 7.42. The minimum Gasteiger partial charge on any atom is -0.464 e. The lowest BCUT2D eigenvalue weighted by Crippen LogP contribution is -2.33. The number of likely N-dealkylation sites (tertiary alicyclic amines) is 1. The third-order valence-corrected chi connectivity index (χ3v) is 4.84. The van der Waals surface area contributed by atoms with Crippen molar-refractivity contribution in [3.63, 3.8) is 0 Å². The van der Waals surface area contributed by atoms with Gasteiger partial charge < -0.3 is 4.74 Å². The third-order valence-electron chi connectivity index (χ3n) is 4.09. The van der Waals surface area contributed by atoms with Gasteiger partial charge in [-0.15, -0.1) is 0 Å². The van der Waals surface area contributed by atoms with Crippen LogP contribution in [0.25, 0.3) is 11.0 Å². The molecule has 3 rings (SSSR count). The van der Waals surface area contributed by atoms with E-state index in [1.807, 2.05) is 6.07 Å². The maximum Gasteiger partial charge on any atom is 0.356 e. The summed E-state index contributed by atoms with van der Waals surface area (Å²) in [5.74, 6) is 0.306. The van der Waals surface area contributed by atoms with Gasteiger partial charge in [-0.05, 0) is 59.5 Å². The molecule has 1 N–H and O–H groups in total. The lowest BCUT2D eigenvalue weighted by atomic mass is 9.99. The standard InChI is InChI=1S/C15H19IN4O2/c1-9-4-3-5-20(7-9)8-10-6-11(15(21)22-2)17-13-12(10)18-19-14(13)16/h6,9H,3-5,7-8H2,1-2H3,(H,18,19)/t9-/m0/s1. The van der Waals surface area contributed by atoms with E-state index in [9.17, 15) is 4.79 Å². The molecule has 0 aromatic carbocycles. The first-order chi connectivity index (χ1) is 10.6. The highest BCUT2D eigenvalue weighted by molar-refractivity contribution is 14.1. The lowest BCUT2D eigenvalue weighted by Gasteiger charge is -2.30. The molecule has 22 heavy (non-hydrogen) atoms. The number of carbonyl (C=O) groups is 1. The molecule has 0 saturated carbocycles. The van der Waals surface area contributed by atoms with E-state index in [1.165, 1.54) is 20.0 Å². The number of carbonyl (C=O) groups excluding carboxylic acids is 1. The molecule has 6 nitrogen and oxygen atoms in total. The number of halogens is 1. The van der Waals surface area contributed by atoms with Crippen molar-refractivity contribution in [2.75, 3.05) is 20.2 Å². The Morgan fingerprint density at radius 2 is 2.41 bits per heavy atom. The molecule has 1 aliphatic rings. The Hall–Kier alpha value is -1.22. The zero-order valence-electron chi connectivity index (χ0n) is 12.7. The fourth-order valence-electron chi connectivity index (χ4n) is 3.03. The number of fused-ring (bicyclic) bond motifs is 1. The number of rotatable bonds is 3. The summed E-state index contributed by atoms with van der Waals surface area (Å²) in [4.78, 5) is 18.7. The fraction of sp³-hybridized carbons (Fsp3) is 0.533. The monoisotopic (exact) mass is 414 g/mol. The van der Waals surface area contributed by atoms with Crippen LogP contribution in [0.4, 0.5) is 0 Å². The number of hydrogen-bond acceptors (Lipinski definition) is 5. The van der Waals surface area contributed by atoms with Crippen LogP contribution in [0.15, 0.2) is 6.07 Å². The topological polar surface area (TPSA) is 71.1 Å². The summed E-state index contributed by atoms with van der Waals surface area (Å²) in [5.41, 5.74) is 3.04. The van der Waals surface area contributed by atoms with Crippen LogP contribution in [0, 0.1) is 9.62 Å². The Morgan fingerprint density at radius 3 is 3.14 bits per heavy atom. The van der Waals surface area contributed by atoms with Gasteiger partial charge in [-0.1, -0.05) is 6.92 Å². The number of aromatic amines is 1. The summed E-state index contributed by atoms with van der Waals surface area (Å²) in [6.07, 6.45) is 2.51. The summed E-state index contributed by atoms with van der Waals surface area (Å²) in [5, 5.41) is 7.26. The third kappa shape index (κ3) is 3.10. The molecule has 7 heteroatoms. The molecule has 1 saturated heterocycles. The van der Waals surface area contributed by atoms with Crippen LogP contribution in [0.3, 0.4) is 0 Å². The average molecular weight is 414 g/mol. The molecule has 0 unspecified atom stereocenters. The van der Waals surface area contributed by atoms with Gasteiger partial charge in [0.25, 0.3) is 0 Å². The Bertz CT molecular complexity index is 700. The Balaban J connectivity index is 1.97. The van der Waals surface area contributed by atoms with Gasteiger partial charge in [0, 0.05) is 13.1 Å². The number of esters is 1. The maximum absolute atomic E-state index is 11.9. The number of pyridine rings is 1. The van der Waals surface area contributed by atoms with Gasteiger partial charge in [0.1, 0.15) is 14.9 Å². The van der Waals surface area contributed by atoms with Crippen LogP contribution in [0.5, 0.6) is 0 Å². The van der Waals surface area contributed by atoms with E-state index in [2.05, 4.69) is 49.6 Å². The number of hydrogen-bond donors (Lipinski definition) is 1. The minimum absolute atomic E-state index is 0.342. The summed E-state index contributed by atoms with van der Waals surface area (Å²) in [6, 6.07) is 1.82. The van der Waals surface area contributed by atoms with Crippen LogP contribution in [0.1, 0.15) is 35.8 Å². The van der Waals surface area contributed by atoms with Gasteiger partial charge in [0.2, 0.25) is 0 Å². The highest BCUT2D eigenvalue weighted by Gasteiger charge is 2.20. The van der Waals surface area contributed by atoms with Crippen LogP contribution in [-0.2, 0) is 11.3 Å². The second-order valence-corrected chi connectivity index (χ2v) is 6.90. The predicted molar refractivity (Wildman–Crippen MR) is 91.6 cm³/mol. The molecule has 1 atom stereocenters. The lowest BCUT2D eigenvalue weighted by molar-refractivity contribution is 0.0594. The molecule has 2 aromatic heterocycles. The van der Waals surface area contributed by atoms with Crippen LogP contribution < -0.4 is 0 Å². The van der Waals surface area contributed by atoms with Gasteiger partial charge in [-0.25, -0.2) is 9.78 Å². The zero-order valence-corrected chi connectivity index (χ0v) is 14.9. The number of methoxy groups -OCH3 is 1.